The highest BCUT2D eigenvalue weighted by molar-refractivity contribution is 6.27. The predicted molar refractivity (Wildman–Crippen MR) is 248 cm³/mol. The summed E-state index contributed by atoms with van der Waals surface area (Å²) in [6, 6.07) is 80.1. The highest BCUT2D eigenvalue weighted by atomic mass is 15.1. The van der Waals surface area contributed by atoms with Crippen molar-refractivity contribution in [3.63, 3.8) is 0 Å². The molecule has 1 heterocycles. The second-order valence-electron chi connectivity index (χ2n) is 15.3. The molecule has 58 heavy (non-hydrogen) atoms. The average Bonchev–Trinajstić information content (AvgIpc) is 3.64. The Hall–Kier alpha value is -7.68. The molecule has 12 rings (SSSR count). The molecule has 0 amide bonds. The van der Waals surface area contributed by atoms with E-state index in [-0.39, 0.29) is 0 Å². The Morgan fingerprint density at radius 1 is 0.293 bits per heavy atom. The number of para-hydroxylation sites is 2. The van der Waals surface area contributed by atoms with Crippen molar-refractivity contribution < 1.29 is 0 Å². The van der Waals surface area contributed by atoms with Crippen LogP contribution in [-0.2, 0) is 0 Å². The fourth-order valence-electron chi connectivity index (χ4n) is 9.59. The summed E-state index contributed by atoms with van der Waals surface area (Å²) in [6.07, 6.45) is 0. The molecule has 0 radical (unpaired) electrons. The zero-order valence-electron chi connectivity index (χ0n) is 31.7. The van der Waals surface area contributed by atoms with Gasteiger partial charge in [-0.05, 0) is 114 Å². The summed E-state index contributed by atoms with van der Waals surface area (Å²) in [5.74, 6) is 0. The first-order valence-electron chi connectivity index (χ1n) is 20.0. The molecule has 0 aliphatic carbocycles. The van der Waals surface area contributed by atoms with E-state index in [2.05, 4.69) is 228 Å². The van der Waals surface area contributed by atoms with Crippen LogP contribution >= 0.6 is 0 Å². The summed E-state index contributed by atoms with van der Waals surface area (Å²) < 4.78 is 2.49. The second kappa shape index (κ2) is 12.9. The Morgan fingerprint density at radius 2 is 0.810 bits per heavy atom. The quantitative estimate of drug-likeness (QED) is 0.160. The molecule has 0 bridgehead atoms. The van der Waals surface area contributed by atoms with E-state index in [1.807, 2.05) is 0 Å². The molecular weight excluding hydrogens is 701 g/mol. The van der Waals surface area contributed by atoms with Crippen molar-refractivity contribution in [2.45, 2.75) is 0 Å². The summed E-state index contributed by atoms with van der Waals surface area (Å²) in [5, 5.41) is 15.0. The lowest BCUT2D eigenvalue weighted by Crippen LogP contribution is -2.10. The summed E-state index contributed by atoms with van der Waals surface area (Å²) in [6.45, 7) is 0. The van der Waals surface area contributed by atoms with Gasteiger partial charge in [-0.2, -0.15) is 0 Å². The average molecular weight is 737 g/mol. The number of nitrogens with zero attached hydrogens (tertiary/aromatic N) is 2. The largest absolute Gasteiger partial charge is 0.310 e. The smallest absolute Gasteiger partial charge is 0.0625 e. The SMILES string of the molecule is c1ccc(N(c2ccc3c4ccccc4c4ccccc4c3c2)c2ccc3c4c(-c5cccc6ccccc56)cc5ccccc5c4n(-c4ccccc4)c3c2)cc1. The molecule has 0 unspecified atom stereocenters. The van der Waals surface area contributed by atoms with E-state index in [0.29, 0.717) is 0 Å². The highest BCUT2D eigenvalue weighted by Gasteiger charge is 2.23. The zero-order chi connectivity index (χ0) is 38.2. The Kier molecular flexibility index (Phi) is 7.26. The monoisotopic (exact) mass is 736 g/mol. The number of fused-ring (bicyclic) bond motifs is 12. The minimum atomic E-state index is 1.10. The molecule has 2 nitrogen and oxygen atoms in total. The van der Waals surface area contributed by atoms with Crippen molar-refractivity contribution in [2.75, 3.05) is 4.90 Å². The van der Waals surface area contributed by atoms with Crippen molar-refractivity contribution >= 4 is 92.7 Å². The maximum atomic E-state index is 2.49. The molecule has 0 saturated heterocycles. The lowest BCUT2D eigenvalue weighted by molar-refractivity contribution is 1.18. The predicted octanol–water partition coefficient (Wildman–Crippen LogP) is 15.7. The van der Waals surface area contributed by atoms with E-state index in [4.69, 9.17) is 0 Å². The van der Waals surface area contributed by atoms with Gasteiger partial charge in [-0.25, -0.2) is 0 Å². The molecular formula is C56H36N2. The Bertz CT molecular complexity index is 3520. The van der Waals surface area contributed by atoms with Crippen LogP contribution in [0.1, 0.15) is 0 Å². The molecule has 1 aromatic heterocycles. The van der Waals surface area contributed by atoms with Crippen LogP contribution in [0.5, 0.6) is 0 Å². The Labute approximate surface area is 336 Å². The molecule has 0 saturated carbocycles. The number of benzene rings is 11. The molecule has 0 fully saturated rings. The van der Waals surface area contributed by atoms with E-state index in [0.717, 1.165) is 28.3 Å². The Morgan fingerprint density at radius 3 is 1.52 bits per heavy atom. The molecule has 270 valence electrons. The van der Waals surface area contributed by atoms with Crippen molar-refractivity contribution in [1.29, 1.82) is 0 Å². The van der Waals surface area contributed by atoms with E-state index in [9.17, 15) is 0 Å². The van der Waals surface area contributed by atoms with Gasteiger partial charge < -0.3 is 9.47 Å². The number of hydrogen-bond acceptors (Lipinski definition) is 1. The third-order valence-electron chi connectivity index (χ3n) is 12.1. The van der Waals surface area contributed by atoms with Gasteiger partial charge in [0.05, 0.1) is 11.0 Å². The molecule has 12 aromatic rings. The number of hydrogen-bond donors (Lipinski definition) is 0. The number of rotatable bonds is 5. The first-order valence-corrected chi connectivity index (χ1v) is 20.0. The summed E-state index contributed by atoms with van der Waals surface area (Å²) in [5.41, 5.74) is 9.32. The van der Waals surface area contributed by atoms with Crippen LogP contribution in [0.25, 0.3) is 92.5 Å². The minimum absolute atomic E-state index is 1.10. The van der Waals surface area contributed by atoms with Crippen LogP contribution in [0.3, 0.4) is 0 Å². The molecule has 2 heteroatoms. The highest BCUT2D eigenvalue weighted by Crippen LogP contribution is 2.47. The maximum absolute atomic E-state index is 2.49. The van der Waals surface area contributed by atoms with Gasteiger partial charge in [-0.3, -0.25) is 0 Å². The third-order valence-corrected chi connectivity index (χ3v) is 12.1. The zero-order valence-corrected chi connectivity index (χ0v) is 31.7. The molecule has 11 aromatic carbocycles. The number of anilines is 3. The molecule has 0 N–H and O–H groups in total. The van der Waals surface area contributed by atoms with Crippen molar-refractivity contribution in [3.05, 3.63) is 218 Å². The summed E-state index contributed by atoms with van der Waals surface area (Å²) >= 11 is 0. The topological polar surface area (TPSA) is 8.17 Å². The van der Waals surface area contributed by atoms with Crippen LogP contribution in [0.15, 0.2) is 218 Å². The van der Waals surface area contributed by atoms with Gasteiger partial charge in [0.1, 0.15) is 0 Å². The van der Waals surface area contributed by atoms with Crippen LogP contribution in [0.2, 0.25) is 0 Å². The normalized spacial score (nSPS) is 11.8. The lowest BCUT2D eigenvalue weighted by atomic mass is 9.92. The lowest BCUT2D eigenvalue weighted by Gasteiger charge is -2.26. The van der Waals surface area contributed by atoms with Gasteiger partial charge in [0.25, 0.3) is 0 Å². The van der Waals surface area contributed by atoms with Crippen LogP contribution in [0.4, 0.5) is 17.1 Å². The van der Waals surface area contributed by atoms with Gasteiger partial charge >= 0.3 is 0 Å². The summed E-state index contributed by atoms with van der Waals surface area (Å²) in [4.78, 5) is 2.42. The first kappa shape index (κ1) is 32.6. The summed E-state index contributed by atoms with van der Waals surface area (Å²) in [7, 11) is 0. The van der Waals surface area contributed by atoms with Crippen LogP contribution < -0.4 is 4.90 Å². The second-order valence-corrected chi connectivity index (χ2v) is 15.3. The fraction of sp³-hybridized carbons (Fsp3) is 0. The molecule has 0 aliphatic rings. The first-order chi connectivity index (χ1) is 28.8. The maximum Gasteiger partial charge on any atom is 0.0625 e. The van der Waals surface area contributed by atoms with Crippen molar-refractivity contribution in [1.82, 2.24) is 4.57 Å². The van der Waals surface area contributed by atoms with Gasteiger partial charge in [0.2, 0.25) is 0 Å². The van der Waals surface area contributed by atoms with Gasteiger partial charge in [-0.15, -0.1) is 0 Å². The van der Waals surface area contributed by atoms with E-state index < -0.39 is 0 Å². The Balaban J connectivity index is 1.18. The van der Waals surface area contributed by atoms with Gasteiger partial charge in [-0.1, -0.05) is 164 Å². The standard InChI is InChI=1S/C56H36N2/c1-3-19-39(20-4-1)57(41-30-32-50-48-27-12-11-25-46(48)47-26-13-14-28-49(47)52(50)35-41)42-31-33-51-54(36-42)58(40-21-5-2-6-22-40)56-44-24-10-8-17-38(44)34-53(55(51)56)45-29-15-18-37-16-7-9-23-43(37)45/h1-36H. The van der Waals surface area contributed by atoms with E-state index in [1.54, 1.807) is 0 Å². The minimum Gasteiger partial charge on any atom is -0.310 e. The molecule has 0 spiro atoms. The van der Waals surface area contributed by atoms with Gasteiger partial charge in [0.15, 0.2) is 0 Å². The fourth-order valence-corrected chi connectivity index (χ4v) is 9.59. The van der Waals surface area contributed by atoms with E-state index >= 15 is 0 Å². The molecule has 0 atom stereocenters. The number of aromatic nitrogens is 1. The van der Waals surface area contributed by atoms with Crippen LogP contribution in [-0.4, -0.2) is 4.57 Å². The van der Waals surface area contributed by atoms with Gasteiger partial charge in [0, 0.05) is 38.9 Å². The van der Waals surface area contributed by atoms with Crippen LogP contribution in [0, 0.1) is 0 Å². The third kappa shape index (κ3) is 4.92. The molecule has 0 aliphatic heterocycles. The van der Waals surface area contributed by atoms with Crippen molar-refractivity contribution in [3.8, 4) is 16.8 Å². The van der Waals surface area contributed by atoms with E-state index in [1.165, 1.54) is 81.3 Å². The van der Waals surface area contributed by atoms with Crippen molar-refractivity contribution in [2.24, 2.45) is 0 Å².